The Balaban J connectivity index is 2.17. The second-order valence-corrected chi connectivity index (χ2v) is 5.00. The number of nitrogens with two attached hydrogens (primary N) is 1. The Morgan fingerprint density at radius 3 is 2.76 bits per heavy atom. The van der Waals surface area contributed by atoms with Crippen molar-refractivity contribution in [2.24, 2.45) is 0 Å². The van der Waals surface area contributed by atoms with Crippen molar-refractivity contribution in [1.29, 1.82) is 0 Å². The maximum Gasteiger partial charge on any atom is 0.255 e. The van der Waals surface area contributed by atoms with Crippen LogP contribution in [0.1, 0.15) is 15.9 Å². The lowest BCUT2D eigenvalue weighted by Crippen LogP contribution is -2.14. The van der Waals surface area contributed by atoms with E-state index in [2.05, 4.69) is 5.32 Å². The van der Waals surface area contributed by atoms with E-state index in [-0.39, 0.29) is 5.91 Å². The lowest BCUT2D eigenvalue weighted by molar-refractivity contribution is 0.102. The third-order valence-electron chi connectivity index (χ3n) is 3.10. The highest BCUT2D eigenvalue weighted by molar-refractivity contribution is 6.33. The molecule has 2 aromatic rings. The summed E-state index contributed by atoms with van der Waals surface area (Å²) in [6, 6.07) is 12.5. The van der Waals surface area contributed by atoms with Crippen LogP contribution in [0.5, 0.6) is 0 Å². The van der Waals surface area contributed by atoms with E-state index in [1.54, 1.807) is 25.3 Å². The van der Waals surface area contributed by atoms with Crippen molar-refractivity contribution < 1.29 is 9.53 Å². The Bertz CT molecular complexity index is 644. The minimum atomic E-state index is -0.219. The van der Waals surface area contributed by atoms with Crippen molar-refractivity contribution in [1.82, 2.24) is 0 Å². The van der Waals surface area contributed by atoms with Gasteiger partial charge in [-0.05, 0) is 36.2 Å². The van der Waals surface area contributed by atoms with Gasteiger partial charge in [0.15, 0.2) is 0 Å². The van der Waals surface area contributed by atoms with Crippen molar-refractivity contribution >= 4 is 28.9 Å². The molecule has 0 aliphatic rings. The van der Waals surface area contributed by atoms with Crippen LogP contribution in [-0.2, 0) is 11.2 Å². The summed E-state index contributed by atoms with van der Waals surface area (Å²) in [6.07, 6.45) is 0.732. The van der Waals surface area contributed by atoms with Gasteiger partial charge in [0, 0.05) is 18.4 Å². The molecule has 21 heavy (non-hydrogen) atoms. The minimum absolute atomic E-state index is 0.219. The number of amides is 1. The Labute approximate surface area is 128 Å². The van der Waals surface area contributed by atoms with E-state index < -0.39 is 0 Å². The third-order valence-corrected chi connectivity index (χ3v) is 3.44. The highest BCUT2D eigenvalue weighted by Crippen LogP contribution is 2.21. The number of nitrogen functional groups attached to an aromatic ring is 1. The zero-order valence-electron chi connectivity index (χ0n) is 11.7. The van der Waals surface area contributed by atoms with Crippen molar-refractivity contribution in [3.63, 3.8) is 0 Å². The molecule has 0 radical (unpaired) electrons. The number of hydrogen-bond acceptors (Lipinski definition) is 3. The fraction of sp³-hybridized carbons (Fsp3) is 0.188. The van der Waals surface area contributed by atoms with Crippen molar-refractivity contribution in [2.45, 2.75) is 6.42 Å². The number of halogens is 1. The first-order valence-electron chi connectivity index (χ1n) is 6.55. The minimum Gasteiger partial charge on any atom is -0.398 e. The van der Waals surface area contributed by atoms with Crippen LogP contribution in [0.25, 0.3) is 0 Å². The summed E-state index contributed by atoms with van der Waals surface area (Å²) < 4.78 is 5.08. The Kier molecular flexibility index (Phi) is 5.20. The summed E-state index contributed by atoms with van der Waals surface area (Å²) in [5.74, 6) is -0.219. The molecule has 0 aromatic heterocycles. The normalized spacial score (nSPS) is 10.4. The zero-order chi connectivity index (χ0) is 15.2. The molecule has 0 heterocycles. The Morgan fingerprint density at radius 1 is 1.29 bits per heavy atom. The van der Waals surface area contributed by atoms with Gasteiger partial charge in [-0.2, -0.15) is 0 Å². The van der Waals surface area contributed by atoms with Gasteiger partial charge in [-0.1, -0.05) is 29.8 Å². The molecular weight excluding hydrogens is 288 g/mol. The predicted octanol–water partition coefficient (Wildman–Crippen LogP) is 3.36. The average Bonchev–Trinajstić information content (AvgIpc) is 2.49. The number of anilines is 2. The highest BCUT2D eigenvalue weighted by Gasteiger charge is 2.10. The van der Waals surface area contributed by atoms with Crippen LogP contribution in [-0.4, -0.2) is 19.6 Å². The molecule has 0 bridgehead atoms. The maximum atomic E-state index is 12.3. The molecule has 0 unspecified atom stereocenters. The SMILES string of the molecule is COCCc1ccccc1NC(=O)c1ccc(Cl)c(N)c1. The van der Waals surface area contributed by atoms with E-state index in [0.29, 0.717) is 22.9 Å². The molecule has 0 aliphatic heterocycles. The molecule has 2 aromatic carbocycles. The Hall–Kier alpha value is -2.04. The summed E-state index contributed by atoms with van der Waals surface area (Å²) in [5, 5.41) is 3.33. The lowest BCUT2D eigenvalue weighted by atomic mass is 10.1. The van der Waals surface area contributed by atoms with E-state index in [1.165, 1.54) is 0 Å². The summed E-state index contributed by atoms with van der Waals surface area (Å²) >= 11 is 5.86. The van der Waals surface area contributed by atoms with Gasteiger partial charge in [-0.3, -0.25) is 4.79 Å². The molecule has 4 nitrogen and oxygen atoms in total. The van der Waals surface area contributed by atoms with Crippen LogP contribution in [0.2, 0.25) is 5.02 Å². The number of methoxy groups -OCH3 is 1. The van der Waals surface area contributed by atoms with Gasteiger partial charge in [0.05, 0.1) is 17.3 Å². The second-order valence-electron chi connectivity index (χ2n) is 4.59. The van der Waals surface area contributed by atoms with E-state index in [4.69, 9.17) is 22.1 Å². The first-order valence-corrected chi connectivity index (χ1v) is 6.93. The van der Waals surface area contributed by atoms with Crippen LogP contribution in [0.3, 0.4) is 0 Å². The quantitative estimate of drug-likeness (QED) is 0.832. The second kappa shape index (κ2) is 7.11. The van der Waals surface area contributed by atoms with E-state index in [0.717, 1.165) is 17.7 Å². The van der Waals surface area contributed by atoms with Gasteiger partial charge >= 0.3 is 0 Å². The van der Waals surface area contributed by atoms with Gasteiger partial charge < -0.3 is 15.8 Å². The summed E-state index contributed by atoms with van der Waals surface area (Å²) in [5.41, 5.74) is 8.37. The number of nitrogens with one attached hydrogen (secondary N) is 1. The van der Waals surface area contributed by atoms with Crippen LogP contribution < -0.4 is 11.1 Å². The topological polar surface area (TPSA) is 64.3 Å². The lowest BCUT2D eigenvalue weighted by Gasteiger charge is -2.11. The Morgan fingerprint density at radius 2 is 2.05 bits per heavy atom. The maximum absolute atomic E-state index is 12.3. The van der Waals surface area contributed by atoms with E-state index in [9.17, 15) is 4.79 Å². The number of benzene rings is 2. The van der Waals surface area contributed by atoms with Gasteiger partial charge in [0.2, 0.25) is 0 Å². The number of carbonyl (C=O) groups excluding carboxylic acids is 1. The summed E-state index contributed by atoms with van der Waals surface area (Å²) in [6.45, 7) is 0.598. The van der Waals surface area contributed by atoms with Crippen LogP contribution in [0.4, 0.5) is 11.4 Å². The molecular formula is C16H17ClN2O2. The molecule has 0 atom stereocenters. The molecule has 0 spiro atoms. The molecule has 0 aliphatic carbocycles. The smallest absolute Gasteiger partial charge is 0.255 e. The molecule has 3 N–H and O–H groups in total. The first-order chi connectivity index (χ1) is 10.1. The van der Waals surface area contributed by atoms with E-state index in [1.807, 2.05) is 24.3 Å². The number of ether oxygens (including phenoxy) is 1. The molecule has 0 saturated heterocycles. The fourth-order valence-corrected chi connectivity index (χ4v) is 2.07. The van der Waals surface area contributed by atoms with Gasteiger partial charge in [0.25, 0.3) is 5.91 Å². The van der Waals surface area contributed by atoms with Gasteiger partial charge in [-0.25, -0.2) is 0 Å². The monoisotopic (exact) mass is 304 g/mol. The number of para-hydroxylation sites is 1. The third kappa shape index (κ3) is 3.97. The number of rotatable bonds is 5. The average molecular weight is 305 g/mol. The summed E-state index contributed by atoms with van der Waals surface area (Å²) in [7, 11) is 1.65. The standard InChI is InChI=1S/C16H17ClN2O2/c1-21-9-8-11-4-2-3-5-15(11)19-16(20)12-6-7-13(17)14(18)10-12/h2-7,10H,8-9,18H2,1H3,(H,19,20). The van der Waals surface area contributed by atoms with Crippen molar-refractivity contribution in [3.8, 4) is 0 Å². The summed E-state index contributed by atoms with van der Waals surface area (Å²) in [4.78, 5) is 12.3. The fourth-order valence-electron chi connectivity index (χ4n) is 1.95. The predicted molar refractivity (Wildman–Crippen MR) is 85.8 cm³/mol. The largest absolute Gasteiger partial charge is 0.398 e. The molecule has 0 saturated carbocycles. The molecule has 110 valence electrons. The number of hydrogen-bond donors (Lipinski definition) is 2. The van der Waals surface area contributed by atoms with Crippen molar-refractivity contribution in [2.75, 3.05) is 24.8 Å². The van der Waals surface area contributed by atoms with Gasteiger partial charge in [-0.15, -0.1) is 0 Å². The molecule has 5 heteroatoms. The van der Waals surface area contributed by atoms with Crippen molar-refractivity contribution in [3.05, 3.63) is 58.6 Å². The number of carbonyl (C=O) groups is 1. The van der Waals surface area contributed by atoms with Crippen LogP contribution in [0.15, 0.2) is 42.5 Å². The molecule has 2 rings (SSSR count). The van der Waals surface area contributed by atoms with Crippen LogP contribution >= 0.6 is 11.6 Å². The van der Waals surface area contributed by atoms with E-state index >= 15 is 0 Å². The van der Waals surface area contributed by atoms with Crippen LogP contribution in [0, 0.1) is 0 Å². The zero-order valence-corrected chi connectivity index (χ0v) is 12.5. The van der Waals surface area contributed by atoms with Gasteiger partial charge in [0.1, 0.15) is 0 Å². The first kappa shape index (κ1) is 15.4. The highest BCUT2D eigenvalue weighted by atomic mass is 35.5. The molecule has 0 fully saturated rings. The molecule has 1 amide bonds.